The smallest absolute Gasteiger partial charge is 0.349 e. The molecule has 1 N–H and O–H groups in total. The molecule has 168 valence electrons. The van der Waals surface area contributed by atoms with Gasteiger partial charge in [-0.05, 0) is 61.2 Å². The van der Waals surface area contributed by atoms with Crippen molar-refractivity contribution in [3.63, 3.8) is 0 Å². The molecule has 1 aromatic heterocycles. The molecule has 0 radical (unpaired) electrons. The molecule has 0 unspecified atom stereocenters. The van der Waals surface area contributed by atoms with E-state index >= 15 is 0 Å². The van der Waals surface area contributed by atoms with E-state index in [-0.39, 0.29) is 11.9 Å². The number of hydrogen-bond acceptors (Lipinski definition) is 3. The van der Waals surface area contributed by atoms with E-state index in [1.54, 1.807) is 24.3 Å². The van der Waals surface area contributed by atoms with Crippen LogP contribution in [0.4, 0.5) is 13.2 Å². The third kappa shape index (κ3) is 5.19. The molecule has 0 atom stereocenters. The van der Waals surface area contributed by atoms with Gasteiger partial charge in [0.2, 0.25) is 0 Å². The van der Waals surface area contributed by atoms with Crippen LogP contribution in [0.2, 0.25) is 0 Å². The number of aromatic nitrogens is 2. The highest BCUT2D eigenvalue weighted by Crippen LogP contribution is 2.28. The molecule has 5 nitrogen and oxygen atoms in total. The first-order valence-corrected chi connectivity index (χ1v) is 10.6. The summed E-state index contributed by atoms with van der Waals surface area (Å²) in [6.45, 7) is 4.87. The number of nitrogens with one attached hydrogen (secondary N) is 1. The molecule has 1 amide bonds. The van der Waals surface area contributed by atoms with E-state index in [0.717, 1.165) is 43.2 Å². The molecule has 0 bridgehead atoms. The number of carbonyl (C=O) groups is 1. The summed E-state index contributed by atoms with van der Waals surface area (Å²) in [5, 5.41) is 6.63. The minimum absolute atomic E-state index is 0.107. The molecule has 4 rings (SSSR count). The van der Waals surface area contributed by atoms with Crippen molar-refractivity contribution < 1.29 is 18.0 Å². The third-order valence-electron chi connectivity index (χ3n) is 5.85. The molecular formula is C24H25F3N4O. The van der Waals surface area contributed by atoms with Crippen LogP contribution in [0.1, 0.15) is 40.0 Å². The second-order valence-electron chi connectivity index (χ2n) is 8.14. The third-order valence-corrected chi connectivity index (χ3v) is 5.85. The molecule has 32 heavy (non-hydrogen) atoms. The van der Waals surface area contributed by atoms with Crippen LogP contribution < -0.4 is 5.32 Å². The zero-order valence-corrected chi connectivity index (χ0v) is 17.8. The lowest BCUT2D eigenvalue weighted by atomic mass is 10.0. The second kappa shape index (κ2) is 9.16. The summed E-state index contributed by atoms with van der Waals surface area (Å²) in [5.41, 5.74) is 2.60. The Labute approximate surface area is 184 Å². The molecule has 3 aromatic rings. The van der Waals surface area contributed by atoms with Crippen LogP contribution in [0.3, 0.4) is 0 Å². The lowest BCUT2D eigenvalue weighted by molar-refractivity contribution is -0.141. The van der Waals surface area contributed by atoms with Gasteiger partial charge in [0.1, 0.15) is 0 Å². The van der Waals surface area contributed by atoms with Gasteiger partial charge < -0.3 is 5.32 Å². The fraction of sp³-hybridized carbons (Fsp3) is 0.333. The molecule has 1 fully saturated rings. The number of piperidine rings is 1. The van der Waals surface area contributed by atoms with Crippen LogP contribution in [0, 0.1) is 6.92 Å². The number of amides is 1. The number of benzene rings is 2. The number of aryl methyl sites for hydroxylation is 1. The average molecular weight is 442 g/mol. The fourth-order valence-corrected chi connectivity index (χ4v) is 3.92. The van der Waals surface area contributed by atoms with E-state index in [4.69, 9.17) is 0 Å². The van der Waals surface area contributed by atoms with Crippen LogP contribution in [-0.4, -0.2) is 39.7 Å². The van der Waals surface area contributed by atoms with E-state index in [1.807, 2.05) is 6.07 Å². The Morgan fingerprint density at radius 3 is 2.38 bits per heavy atom. The van der Waals surface area contributed by atoms with Crippen LogP contribution in [0.15, 0.2) is 60.8 Å². The Morgan fingerprint density at radius 1 is 1.06 bits per heavy atom. The summed E-state index contributed by atoms with van der Waals surface area (Å²) in [4.78, 5) is 15.0. The van der Waals surface area contributed by atoms with Crippen molar-refractivity contribution in [2.45, 2.75) is 38.5 Å². The number of halogens is 3. The number of rotatable bonds is 5. The molecule has 1 aliphatic heterocycles. The Hall–Kier alpha value is -3.13. The van der Waals surface area contributed by atoms with Crippen LogP contribution >= 0.6 is 0 Å². The minimum atomic E-state index is -4.49. The lowest BCUT2D eigenvalue weighted by Crippen LogP contribution is -2.44. The number of carbonyl (C=O) groups excluding carboxylic acids is 1. The minimum Gasteiger partial charge on any atom is -0.349 e. The maximum Gasteiger partial charge on any atom is 0.435 e. The predicted molar refractivity (Wildman–Crippen MR) is 116 cm³/mol. The Morgan fingerprint density at radius 2 is 1.75 bits per heavy atom. The zero-order valence-electron chi connectivity index (χ0n) is 17.8. The highest BCUT2D eigenvalue weighted by molar-refractivity contribution is 5.94. The van der Waals surface area contributed by atoms with Crippen molar-refractivity contribution in [1.82, 2.24) is 20.0 Å². The molecular weight excluding hydrogens is 417 g/mol. The van der Waals surface area contributed by atoms with E-state index in [0.29, 0.717) is 11.3 Å². The normalized spacial score (nSPS) is 15.6. The van der Waals surface area contributed by atoms with Crippen LogP contribution in [-0.2, 0) is 12.7 Å². The summed E-state index contributed by atoms with van der Waals surface area (Å²) in [7, 11) is 0. The molecule has 1 saturated heterocycles. The lowest BCUT2D eigenvalue weighted by Gasteiger charge is -2.32. The number of nitrogens with zero attached hydrogens (tertiary/aromatic N) is 3. The van der Waals surface area contributed by atoms with Gasteiger partial charge in [-0.1, -0.05) is 24.3 Å². The standard InChI is InChI=1S/C24H25F3N4O/c1-17-4-2-3-5-19(17)16-30-13-10-20(11-14-30)28-23(32)18-6-8-21(9-7-18)31-15-12-22(29-31)24(25,26)27/h2-9,12,15,20H,10-11,13-14,16H2,1H3,(H,28,32). The van der Waals surface area contributed by atoms with Gasteiger partial charge in [-0.15, -0.1) is 0 Å². The zero-order chi connectivity index (χ0) is 22.7. The molecule has 2 aromatic carbocycles. The van der Waals surface area contributed by atoms with Crippen molar-refractivity contribution in [3.05, 3.63) is 83.2 Å². The Kier molecular flexibility index (Phi) is 6.32. The van der Waals surface area contributed by atoms with E-state index in [2.05, 4.69) is 40.4 Å². The molecule has 2 heterocycles. The monoisotopic (exact) mass is 442 g/mol. The fourth-order valence-electron chi connectivity index (χ4n) is 3.92. The van der Waals surface area contributed by atoms with Gasteiger partial charge in [-0.2, -0.15) is 18.3 Å². The van der Waals surface area contributed by atoms with Gasteiger partial charge in [-0.25, -0.2) is 4.68 Å². The summed E-state index contributed by atoms with van der Waals surface area (Å²) in [5.74, 6) is -0.176. The molecule has 8 heteroatoms. The number of likely N-dealkylation sites (tertiary alicyclic amines) is 1. The largest absolute Gasteiger partial charge is 0.435 e. The van der Waals surface area contributed by atoms with E-state index < -0.39 is 11.9 Å². The van der Waals surface area contributed by atoms with Gasteiger partial charge in [0.15, 0.2) is 5.69 Å². The molecule has 0 aliphatic carbocycles. The first-order valence-electron chi connectivity index (χ1n) is 10.6. The molecule has 0 saturated carbocycles. The van der Waals surface area contributed by atoms with Crippen LogP contribution in [0.25, 0.3) is 5.69 Å². The second-order valence-corrected chi connectivity index (χ2v) is 8.14. The van der Waals surface area contributed by atoms with Crippen molar-refractivity contribution in [2.24, 2.45) is 0 Å². The van der Waals surface area contributed by atoms with Crippen molar-refractivity contribution in [3.8, 4) is 5.69 Å². The Balaban J connectivity index is 1.30. The summed E-state index contributed by atoms with van der Waals surface area (Å²) in [6.07, 6.45) is -1.48. The van der Waals surface area contributed by atoms with Gasteiger partial charge in [0.05, 0.1) is 5.69 Å². The predicted octanol–water partition coefficient (Wildman–Crippen LogP) is 4.59. The van der Waals surface area contributed by atoms with Gasteiger partial charge >= 0.3 is 6.18 Å². The highest BCUT2D eigenvalue weighted by Gasteiger charge is 2.33. The van der Waals surface area contributed by atoms with Gasteiger partial charge in [0.25, 0.3) is 5.91 Å². The van der Waals surface area contributed by atoms with E-state index in [1.165, 1.54) is 17.3 Å². The summed E-state index contributed by atoms with van der Waals surface area (Å²) < 4.78 is 39.3. The van der Waals surface area contributed by atoms with Crippen molar-refractivity contribution in [2.75, 3.05) is 13.1 Å². The quantitative estimate of drug-likeness (QED) is 0.629. The molecule has 0 spiro atoms. The first-order chi connectivity index (χ1) is 15.3. The number of alkyl halides is 3. The van der Waals surface area contributed by atoms with Crippen molar-refractivity contribution >= 4 is 5.91 Å². The van der Waals surface area contributed by atoms with Crippen molar-refractivity contribution in [1.29, 1.82) is 0 Å². The van der Waals surface area contributed by atoms with Gasteiger partial charge in [-0.3, -0.25) is 9.69 Å². The first kappa shape index (κ1) is 22.1. The topological polar surface area (TPSA) is 50.2 Å². The Bertz CT molecular complexity index is 1070. The summed E-state index contributed by atoms with van der Waals surface area (Å²) >= 11 is 0. The van der Waals surface area contributed by atoms with E-state index in [9.17, 15) is 18.0 Å². The maximum atomic E-state index is 12.7. The van der Waals surface area contributed by atoms with Crippen LogP contribution in [0.5, 0.6) is 0 Å². The maximum absolute atomic E-state index is 12.7. The average Bonchev–Trinajstić information content (AvgIpc) is 3.28. The molecule has 1 aliphatic rings. The van der Waals surface area contributed by atoms with Gasteiger partial charge in [0, 0.05) is 37.4 Å². The number of hydrogen-bond donors (Lipinski definition) is 1. The summed E-state index contributed by atoms with van der Waals surface area (Å²) in [6, 6.07) is 15.8. The SMILES string of the molecule is Cc1ccccc1CN1CCC(NC(=O)c2ccc(-n3ccc(C(F)(F)F)n3)cc2)CC1. The highest BCUT2D eigenvalue weighted by atomic mass is 19.4.